The Bertz CT molecular complexity index is 1210. The Morgan fingerprint density at radius 2 is 1.08 bits per heavy atom. The van der Waals surface area contributed by atoms with Gasteiger partial charge < -0.3 is 52.7 Å². The first kappa shape index (κ1) is 41.0. The van der Waals surface area contributed by atoms with Gasteiger partial charge in [0.2, 0.25) is 5.91 Å². The summed E-state index contributed by atoms with van der Waals surface area (Å²) in [6, 6.07) is -1.21. The van der Waals surface area contributed by atoms with Gasteiger partial charge in [-0.3, -0.25) is 33.6 Å². The van der Waals surface area contributed by atoms with Crippen molar-refractivity contribution >= 4 is 41.7 Å². The van der Waals surface area contributed by atoms with Gasteiger partial charge in [-0.05, 0) is 12.8 Å². The molecule has 0 aromatic carbocycles. The first-order valence-electron chi connectivity index (χ1n) is 15.5. The quantitative estimate of drug-likeness (QED) is 0.0978. The van der Waals surface area contributed by atoms with Crippen LogP contribution in [-0.2, 0) is 80.9 Å². The number of amides is 1. The maximum absolute atomic E-state index is 12.5. The number of carbonyl (C=O) groups excluding carboxylic acids is 7. The van der Waals surface area contributed by atoms with Crippen molar-refractivity contribution < 1.29 is 80.9 Å². The summed E-state index contributed by atoms with van der Waals surface area (Å²) in [5.74, 6) is -5.41. The van der Waals surface area contributed by atoms with E-state index in [1.807, 2.05) is 0 Å². The number of unbranched alkanes of at least 4 members (excludes halogenated alkanes) is 1. The lowest BCUT2D eigenvalue weighted by molar-refractivity contribution is -0.350. The van der Waals surface area contributed by atoms with Crippen LogP contribution in [0.3, 0.4) is 0 Å². The average molecular weight is 704 g/mol. The smallest absolute Gasteiger partial charge is 0.303 e. The molecular weight excluding hydrogens is 658 g/mol. The van der Waals surface area contributed by atoms with Crippen molar-refractivity contribution in [1.82, 2.24) is 5.32 Å². The van der Waals surface area contributed by atoms with Crippen LogP contribution in [0.2, 0.25) is 0 Å². The summed E-state index contributed by atoms with van der Waals surface area (Å²) in [7, 11) is 0. The van der Waals surface area contributed by atoms with Gasteiger partial charge in [-0.1, -0.05) is 6.08 Å². The summed E-state index contributed by atoms with van der Waals surface area (Å²) in [5, 5.41) is 2.64. The van der Waals surface area contributed by atoms with E-state index in [-0.39, 0.29) is 6.61 Å². The molecule has 2 saturated heterocycles. The highest BCUT2D eigenvalue weighted by molar-refractivity contribution is 5.73. The highest BCUT2D eigenvalue weighted by Gasteiger charge is 2.57. The molecule has 276 valence electrons. The molecule has 2 heterocycles. The van der Waals surface area contributed by atoms with E-state index in [1.165, 1.54) is 6.92 Å². The normalized spacial score (nSPS) is 29.4. The Labute approximate surface area is 283 Å². The molecule has 18 nitrogen and oxygen atoms in total. The molecule has 0 bridgehead atoms. The van der Waals surface area contributed by atoms with E-state index in [9.17, 15) is 33.6 Å². The van der Waals surface area contributed by atoms with Crippen LogP contribution in [0, 0.1) is 0 Å². The fourth-order valence-corrected chi connectivity index (χ4v) is 5.14. The first-order valence-corrected chi connectivity index (χ1v) is 15.5. The lowest BCUT2D eigenvalue weighted by Crippen LogP contribution is -2.69. The van der Waals surface area contributed by atoms with Crippen molar-refractivity contribution in [1.29, 1.82) is 0 Å². The molecular formula is C31H45NO17. The number of hydrogen-bond donors (Lipinski definition) is 1. The molecule has 2 aliphatic rings. The van der Waals surface area contributed by atoms with Gasteiger partial charge in [0.05, 0.1) is 6.61 Å². The highest BCUT2D eigenvalue weighted by Crippen LogP contribution is 2.35. The van der Waals surface area contributed by atoms with Gasteiger partial charge in [0.25, 0.3) is 0 Å². The lowest BCUT2D eigenvalue weighted by Gasteiger charge is -2.49. The Morgan fingerprint density at radius 1 is 0.612 bits per heavy atom. The van der Waals surface area contributed by atoms with E-state index in [0.29, 0.717) is 12.8 Å². The molecule has 0 radical (unpaired) electrons. The number of ether oxygens (including phenoxy) is 10. The molecule has 1 N–H and O–H groups in total. The van der Waals surface area contributed by atoms with Gasteiger partial charge in [-0.25, -0.2) is 0 Å². The Morgan fingerprint density at radius 3 is 1.57 bits per heavy atom. The number of allylic oxidation sites excluding steroid dienone is 1. The van der Waals surface area contributed by atoms with Crippen molar-refractivity contribution in [2.24, 2.45) is 0 Å². The van der Waals surface area contributed by atoms with Crippen molar-refractivity contribution in [2.45, 2.75) is 123 Å². The van der Waals surface area contributed by atoms with E-state index in [1.54, 1.807) is 6.08 Å². The summed E-state index contributed by atoms with van der Waals surface area (Å²) >= 11 is 0. The van der Waals surface area contributed by atoms with Crippen molar-refractivity contribution in [3.63, 3.8) is 0 Å². The monoisotopic (exact) mass is 703 g/mol. The van der Waals surface area contributed by atoms with Crippen molar-refractivity contribution in [2.75, 3.05) is 19.8 Å². The second kappa shape index (κ2) is 19.8. The molecule has 0 spiro atoms. The van der Waals surface area contributed by atoms with Gasteiger partial charge in [0.15, 0.2) is 37.0 Å². The minimum atomic E-state index is -1.74. The standard InChI is InChI=1S/C31H45NO17/c1-9-10-11-12-40-30-24(32-15(2)33)27(44-19(6)37)25(22(47-30)13-41-16(3)34)49-31-29(46-21(8)39)28(45-20(7)38)26(43-18(5)36)23(48-31)14-42-17(4)35/h9,22-31H,1,10-14H2,2-8H3,(H,32,33)/t22-,23-,24-,25-,26+,27-,28+,29-,30-,31+/m1/s1. The van der Waals surface area contributed by atoms with Gasteiger partial charge in [0, 0.05) is 48.5 Å². The maximum atomic E-state index is 12.5. The zero-order valence-corrected chi connectivity index (χ0v) is 28.5. The largest absolute Gasteiger partial charge is 0.463 e. The number of rotatable bonds is 16. The number of nitrogens with one attached hydrogen (secondary N) is 1. The van der Waals surface area contributed by atoms with Crippen molar-refractivity contribution in [3.8, 4) is 0 Å². The SMILES string of the molecule is C=CCCCO[C@@H]1O[C@H](COC(C)=O)[C@@H](O[C@@H]2O[C@H](COC(C)=O)[C@H](OC(C)=O)[C@H](OC(C)=O)[C@H]2OC(C)=O)[C@H](OC(C)=O)[C@H]1NC(C)=O. The van der Waals surface area contributed by atoms with Crippen LogP contribution in [0.15, 0.2) is 12.7 Å². The van der Waals surface area contributed by atoms with Gasteiger partial charge in [0.1, 0.15) is 37.6 Å². The summed E-state index contributed by atoms with van der Waals surface area (Å²) < 4.78 is 56.8. The Hall–Kier alpha value is -4.13. The van der Waals surface area contributed by atoms with E-state index >= 15 is 0 Å². The van der Waals surface area contributed by atoms with Gasteiger partial charge in [-0.15, -0.1) is 6.58 Å². The van der Waals surface area contributed by atoms with Crippen LogP contribution in [0.5, 0.6) is 0 Å². The lowest BCUT2D eigenvalue weighted by atomic mass is 9.94. The third-order valence-electron chi connectivity index (χ3n) is 6.84. The molecule has 0 saturated carbocycles. The Balaban J connectivity index is 2.70. The van der Waals surface area contributed by atoms with Crippen LogP contribution < -0.4 is 5.32 Å². The van der Waals surface area contributed by atoms with Crippen LogP contribution in [0.25, 0.3) is 0 Å². The molecule has 0 aromatic rings. The van der Waals surface area contributed by atoms with Crippen molar-refractivity contribution in [3.05, 3.63) is 12.7 Å². The van der Waals surface area contributed by atoms with Crippen LogP contribution in [0.4, 0.5) is 0 Å². The summed E-state index contributed by atoms with van der Waals surface area (Å²) in [6.45, 7) is 10.5. The number of hydrogen-bond acceptors (Lipinski definition) is 17. The zero-order chi connectivity index (χ0) is 36.8. The third-order valence-corrected chi connectivity index (χ3v) is 6.84. The molecule has 1 amide bonds. The summed E-state index contributed by atoms with van der Waals surface area (Å²) in [5.41, 5.74) is 0. The van der Waals surface area contributed by atoms with Crippen LogP contribution >= 0.6 is 0 Å². The van der Waals surface area contributed by atoms with Crippen LogP contribution in [-0.4, -0.2) is 123 Å². The van der Waals surface area contributed by atoms with Gasteiger partial charge >= 0.3 is 35.8 Å². The predicted molar refractivity (Wildman–Crippen MR) is 161 cm³/mol. The number of esters is 6. The predicted octanol–water partition coefficient (Wildman–Crippen LogP) is 0.162. The molecule has 0 aromatic heterocycles. The zero-order valence-electron chi connectivity index (χ0n) is 28.5. The highest BCUT2D eigenvalue weighted by atomic mass is 16.8. The van der Waals surface area contributed by atoms with E-state index in [4.69, 9.17) is 47.4 Å². The Kier molecular flexibility index (Phi) is 16.6. The minimum absolute atomic E-state index is 0.130. The third kappa shape index (κ3) is 13.4. The molecule has 49 heavy (non-hydrogen) atoms. The fourth-order valence-electron chi connectivity index (χ4n) is 5.14. The number of carbonyl (C=O) groups is 7. The molecule has 0 aliphatic carbocycles. The average Bonchev–Trinajstić information content (AvgIpc) is 2.97. The second-order valence-corrected chi connectivity index (χ2v) is 11.1. The first-order chi connectivity index (χ1) is 23.0. The maximum Gasteiger partial charge on any atom is 0.303 e. The summed E-state index contributed by atoms with van der Waals surface area (Å²) in [4.78, 5) is 85.2. The molecule has 2 fully saturated rings. The van der Waals surface area contributed by atoms with E-state index in [0.717, 1.165) is 41.5 Å². The van der Waals surface area contributed by atoms with Crippen LogP contribution in [0.1, 0.15) is 61.3 Å². The van der Waals surface area contributed by atoms with E-state index in [2.05, 4.69) is 11.9 Å². The topological polar surface area (TPSA) is 224 Å². The molecule has 2 aliphatic heterocycles. The van der Waals surface area contributed by atoms with Gasteiger partial charge in [-0.2, -0.15) is 0 Å². The molecule has 18 heteroatoms. The molecule has 10 atom stereocenters. The second-order valence-electron chi connectivity index (χ2n) is 11.1. The minimum Gasteiger partial charge on any atom is -0.463 e. The molecule has 0 unspecified atom stereocenters. The molecule has 2 rings (SSSR count). The fraction of sp³-hybridized carbons (Fsp3) is 0.710. The summed E-state index contributed by atoms with van der Waals surface area (Å²) in [6.07, 6.45) is -10.5. The van der Waals surface area contributed by atoms with E-state index < -0.39 is 116 Å².